The summed E-state index contributed by atoms with van der Waals surface area (Å²) in [5.41, 5.74) is 10.8. The second kappa shape index (κ2) is 10.5. The van der Waals surface area contributed by atoms with E-state index >= 15 is 0 Å². The lowest BCUT2D eigenvalue weighted by atomic mass is 9.69. The maximum absolute atomic E-state index is 10.2. The van der Waals surface area contributed by atoms with Crippen molar-refractivity contribution in [1.29, 1.82) is 5.26 Å². The molecule has 6 aliphatic rings. The molecule has 1 aromatic carbocycles. The number of rotatable bonds is 5. The number of fused-ring (bicyclic) bond motifs is 4. The average Bonchev–Trinajstić information content (AvgIpc) is 3.59. The Hall–Kier alpha value is -2.97. The summed E-state index contributed by atoms with van der Waals surface area (Å²) >= 11 is 0. The molecule has 0 amide bonds. The second-order valence-electron chi connectivity index (χ2n) is 14.2. The number of hydrogen-bond acceptors (Lipinski definition) is 10. The third-order valence-corrected chi connectivity index (χ3v) is 11.9. The van der Waals surface area contributed by atoms with E-state index in [2.05, 4.69) is 28.9 Å². The lowest BCUT2D eigenvalue weighted by Gasteiger charge is -2.56. The highest BCUT2D eigenvalue weighted by molar-refractivity contribution is 5.64. The van der Waals surface area contributed by atoms with E-state index in [1.807, 2.05) is 13.2 Å². The van der Waals surface area contributed by atoms with Crippen molar-refractivity contribution in [2.24, 2.45) is 0 Å². The zero-order valence-corrected chi connectivity index (χ0v) is 26.1. The van der Waals surface area contributed by atoms with Gasteiger partial charge in [-0.15, -0.1) is 0 Å². The Morgan fingerprint density at radius 1 is 1.16 bits per heavy atom. The highest BCUT2D eigenvalue weighted by Crippen LogP contribution is 2.52. The summed E-state index contributed by atoms with van der Waals surface area (Å²) in [6, 6.07) is 6.81. The van der Waals surface area contributed by atoms with Gasteiger partial charge in [-0.2, -0.15) is 15.2 Å². The van der Waals surface area contributed by atoms with E-state index in [0.717, 1.165) is 106 Å². The van der Waals surface area contributed by atoms with Crippen molar-refractivity contribution < 1.29 is 18.9 Å². The van der Waals surface area contributed by atoms with Gasteiger partial charge in [0.25, 0.3) is 0 Å². The van der Waals surface area contributed by atoms with Gasteiger partial charge in [-0.3, -0.25) is 4.90 Å². The minimum Gasteiger partial charge on any atom is -0.461 e. The van der Waals surface area contributed by atoms with Gasteiger partial charge in [0.05, 0.1) is 41.7 Å². The van der Waals surface area contributed by atoms with Crippen molar-refractivity contribution in [3.05, 3.63) is 40.1 Å². The molecule has 234 valence electrons. The molecule has 4 saturated heterocycles. The summed E-state index contributed by atoms with van der Waals surface area (Å²) in [5.74, 6) is 1.26. The number of methoxy groups -OCH3 is 1. The van der Waals surface area contributed by atoms with Gasteiger partial charge in [0.1, 0.15) is 24.1 Å². The molecular formula is C34H44N6O4. The molecule has 6 heterocycles. The van der Waals surface area contributed by atoms with Crippen LogP contribution in [0.25, 0.3) is 0 Å². The van der Waals surface area contributed by atoms with E-state index in [1.165, 1.54) is 6.42 Å². The van der Waals surface area contributed by atoms with Crippen molar-refractivity contribution >= 4 is 11.5 Å². The molecule has 5 aliphatic heterocycles. The molecule has 1 aromatic heterocycles. The normalized spacial score (nSPS) is 34.3. The van der Waals surface area contributed by atoms with Gasteiger partial charge in [-0.05, 0) is 75.5 Å². The molecule has 5 unspecified atom stereocenters. The summed E-state index contributed by atoms with van der Waals surface area (Å²) in [5, 5.41) is 10.2. The number of nitrogen functional groups attached to an aromatic ring is 1. The molecule has 1 aliphatic carbocycles. The largest absolute Gasteiger partial charge is 0.461 e. The minimum atomic E-state index is -0.656. The van der Waals surface area contributed by atoms with Crippen molar-refractivity contribution in [2.45, 2.75) is 100 Å². The van der Waals surface area contributed by atoms with Crippen LogP contribution in [0.1, 0.15) is 92.2 Å². The zero-order chi connectivity index (χ0) is 30.1. The Kier molecular flexibility index (Phi) is 6.83. The van der Waals surface area contributed by atoms with Crippen LogP contribution < -0.4 is 15.4 Å². The van der Waals surface area contributed by atoms with E-state index in [1.54, 1.807) is 0 Å². The summed E-state index contributed by atoms with van der Waals surface area (Å²) in [6.45, 7) is 7.67. The molecule has 8 rings (SSSR count). The average molecular weight is 601 g/mol. The van der Waals surface area contributed by atoms with Crippen LogP contribution in [0, 0.1) is 11.3 Å². The number of aromatic nitrogens is 2. The fourth-order valence-corrected chi connectivity index (χ4v) is 9.26. The maximum atomic E-state index is 10.2. The first-order valence-electron chi connectivity index (χ1n) is 16.5. The second-order valence-corrected chi connectivity index (χ2v) is 14.2. The molecule has 5 atom stereocenters. The van der Waals surface area contributed by atoms with Crippen LogP contribution in [0.15, 0.2) is 12.1 Å². The standard InChI is InChI=1S/C34H44N6O4/c1-22-7-10-34(29-24(22)5-6-27(36)25(29)17-35)16-28-26(19-44-34)30(40-13-11-32(40)9-4-14-42-20-32)38-31(37-28)43-21-33-8-3-12-39(33)18-23(15-33)41-2/h5-6,22-23H,3-4,7-16,18-21,36H2,1-2H3. The van der Waals surface area contributed by atoms with Gasteiger partial charge in [-0.1, -0.05) is 13.0 Å². The predicted octanol–water partition coefficient (Wildman–Crippen LogP) is 4.19. The molecule has 0 radical (unpaired) electrons. The summed E-state index contributed by atoms with van der Waals surface area (Å²) in [4.78, 5) is 15.3. The number of nitrogens with two attached hydrogens (primary N) is 1. The molecule has 2 spiro atoms. The lowest BCUT2D eigenvalue weighted by Crippen LogP contribution is -2.65. The van der Waals surface area contributed by atoms with Crippen LogP contribution in [-0.4, -0.2) is 78.6 Å². The number of ether oxygens (including phenoxy) is 4. The first-order chi connectivity index (χ1) is 21.4. The predicted molar refractivity (Wildman–Crippen MR) is 165 cm³/mol. The Balaban J connectivity index is 1.18. The van der Waals surface area contributed by atoms with Crippen molar-refractivity contribution in [3.63, 3.8) is 0 Å². The van der Waals surface area contributed by atoms with Crippen molar-refractivity contribution in [2.75, 3.05) is 57.2 Å². The first kappa shape index (κ1) is 28.5. The Labute approximate surface area is 259 Å². The van der Waals surface area contributed by atoms with Crippen LogP contribution in [0.5, 0.6) is 6.01 Å². The summed E-state index contributed by atoms with van der Waals surface area (Å²) < 4.78 is 25.3. The van der Waals surface area contributed by atoms with Crippen LogP contribution >= 0.6 is 0 Å². The maximum Gasteiger partial charge on any atom is 0.318 e. The third-order valence-electron chi connectivity index (χ3n) is 11.9. The third kappa shape index (κ3) is 4.27. The quantitative estimate of drug-likeness (QED) is 0.501. The molecule has 10 nitrogen and oxygen atoms in total. The molecular weight excluding hydrogens is 556 g/mol. The molecule has 44 heavy (non-hydrogen) atoms. The summed E-state index contributed by atoms with van der Waals surface area (Å²) in [6.07, 6.45) is 9.08. The fraction of sp³-hybridized carbons (Fsp3) is 0.676. The first-order valence-corrected chi connectivity index (χ1v) is 16.5. The van der Waals surface area contributed by atoms with Gasteiger partial charge < -0.3 is 29.6 Å². The number of anilines is 2. The summed E-state index contributed by atoms with van der Waals surface area (Å²) in [7, 11) is 1.81. The number of nitriles is 1. The molecule has 0 saturated carbocycles. The van der Waals surface area contributed by atoms with Crippen molar-refractivity contribution in [3.8, 4) is 12.1 Å². The van der Waals surface area contributed by atoms with Gasteiger partial charge in [0, 0.05) is 50.0 Å². The molecule has 4 fully saturated rings. The van der Waals surface area contributed by atoms with Gasteiger partial charge in [0.2, 0.25) is 0 Å². The van der Waals surface area contributed by atoms with Gasteiger partial charge >= 0.3 is 6.01 Å². The van der Waals surface area contributed by atoms with Crippen LogP contribution in [0.4, 0.5) is 11.5 Å². The monoisotopic (exact) mass is 600 g/mol. The van der Waals surface area contributed by atoms with E-state index in [4.69, 9.17) is 34.6 Å². The van der Waals surface area contributed by atoms with E-state index in [9.17, 15) is 5.26 Å². The highest BCUT2D eigenvalue weighted by atomic mass is 16.5. The Morgan fingerprint density at radius 3 is 2.84 bits per heavy atom. The van der Waals surface area contributed by atoms with Crippen LogP contribution in [-0.2, 0) is 32.8 Å². The van der Waals surface area contributed by atoms with Crippen molar-refractivity contribution in [1.82, 2.24) is 14.9 Å². The number of benzene rings is 1. The number of nitrogens with zero attached hydrogens (tertiary/aromatic N) is 5. The Bertz CT molecular complexity index is 1500. The minimum absolute atomic E-state index is 0.0276. The molecule has 2 N–H and O–H groups in total. The molecule has 10 heteroatoms. The molecule has 2 aromatic rings. The smallest absolute Gasteiger partial charge is 0.318 e. The topological polar surface area (TPSA) is 119 Å². The van der Waals surface area contributed by atoms with Gasteiger partial charge in [0.15, 0.2) is 0 Å². The zero-order valence-electron chi connectivity index (χ0n) is 26.1. The number of hydrogen-bond donors (Lipinski definition) is 1. The van der Waals surface area contributed by atoms with Crippen LogP contribution in [0.2, 0.25) is 0 Å². The highest BCUT2D eigenvalue weighted by Gasteiger charge is 2.52. The van der Waals surface area contributed by atoms with E-state index in [0.29, 0.717) is 42.8 Å². The van der Waals surface area contributed by atoms with E-state index in [-0.39, 0.29) is 17.2 Å². The van der Waals surface area contributed by atoms with E-state index < -0.39 is 5.60 Å². The lowest BCUT2D eigenvalue weighted by molar-refractivity contribution is -0.0876. The van der Waals surface area contributed by atoms with Gasteiger partial charge in [-0.25, -0.2) is 0 Å². The molecule has 0 bridgehead atoms. The van der Waals surface area contributed by atoms with Crippen LogP contribution in [0.3, 0.4) is 0 Å². The fourth-order valence-electron chi connectivity index (χ4n) is 9.26. The SMILES string of the molecule is COC1CN2CCCC2(COc2nc3c(c(N4CCC45CCCOC5)n2)COC2(CCC(C)c4ccc(N)c(C#N)c42)C3)C1. The Morgan fingerprint density at radius 2 is 2.07 bits per heavy atom.